The summed E-state index contributed by atoms with van der Waals surface area (Å²) in [5.41, 5.74) is -0.487. The molecule has 9 heteroatoms. The topological polar surface area (TPSA) is 101 Å². The molecule has 122 valence electrons. The lowest BCUT2D eigenvalue weighted by Crippen LogP contribution is -2.41. The van der Waals surface area contributed by atoms with Crippen LogP contribution in [0.2, 0.25) is 0 Å². The number of hydrogen-bond donors (Lipinski definition) is 1. The van der Waals surface area contributed by atoms with Crippen LogP contribution in [-0.4, -0.2) is 49.5 Å². The van der Waals surface area contributed by atoms with Crippen molar-refractivity contribution in [3.05, 3.63) is 29.6 Å². The third-order valence-corrected chi connectivity index (χ3v) is 4.88. The number of aliphatic carboxylic acids is 1. The molecule has 0 fully saturated rings. The minimum Gasteiger partial charge on any atom is -0.480 e. The van der Waals surface area contributed by atoms with Crippen molar-refractivity contribution in [2.45, 2.75) is 24.8 Å². The molecular formula is C13H16FNO6S. The van der Waals surface area contributed by atoms with Gasteiger partial charge in [0.1, 0.15) is 12.4 Å². The zero-order valence-corrected chi connectivity index (χ0v) is 13.1. The average molecular weight is 333 g/mol. The highest BCUT2D eigenvalue weighted by molar-refractivity contribution is 7.89. The second kappa shape index (κ2) is 6.84. The first-order chi connectivity index (χ1) is 10.1. The Kier molecular flexibility index (Phi) is 5.61. The molecular weight excluding hydrogens is 317 g/mol. The molecule has 0 unspecified atom stereocenters. The Labute approximate surface area is 127 Å². The van der Waals surface area contributed by atoms with Crippen LogP contribution in [-0.2, 0) is 19.6 Å². The van der Waals surface area contributed by atoms with Crippen molar-refractivity contribution in [3.8, 4) is 0 Å². The molecule has 0 spiro atoms. The van der Waals surface area contributed by atoms with Gasteiger partial charge in [-0.1, -0.05) is 0 Å². The summed E-state index contributed by atoms with van der Waals surface area (Å²) in [6.45, 7) is 2.20. The molecule has 0 aliphatic carbocycles. The summed E-state index contributed by atoms with van der Waals surface area (Å²) >= 11 is 0. The van der Waals surface area contributed by atoms with Gasteiger partial charge in [-0.05, 0) is 32.0 Å². The summed E-state index contributed by atoms with van der Waals surface area (Å²) in [5.74, 6) is -3.19. The Morgan fingerprint density at radius 1 is 1.36 bits per heavy atom. The summed E-state index contributed by atoms with van der Waals surface area (Å²) in [6, 6.07) is 1.85. The average Bonchev–Trinajstić information content (AvgIpc) is 2.42. The first kappa shape index (κ1) is 18.1. The van der Waals surface area contributed by atoms with Gasteiger partial charge in [0, 0.05) is 6.04 Å². The van der Waals surface area contributed by atoms with E-state index in [-0.39, 0.29) is 0 Å². The summed E-state index contributed by atoms with van der Waals surface area (Å²) < 4.78 is 43.6. The Morgan fingerprint density at radius 3 is 2.41 bits per heavy atom. The quantitative estimate of drug-likeness (QED) is 0.782. The van der Waals surface area contributed by atoms with Crippen LogP contribution in [0, 0.1) is 5.82 Å². The Balaban J connectivity index is 3.50. The Hall–Kier alpha value is -2.00. The molecule has 0 bridgehead atoms. The fraction of sp³-hybridized carbons (Fsp3) is 0.385. The van der Waals surface area contributed by atoms with Gasteiger partial charge in [0.15, 0.2) is 0 Å². The van der Waals surface area contributed by atoms with Crippen molar-refractivity contribution in [1.82, 2.24) is 4.31 Å². The molecule has 0 aromatic heterocycles. The van der Waals surface area contributed by atoms with Crippen LogP contribution >= 0.6 is 0 Å². The fourth-order valence-corrected chi connectivity index (χ4v) is 3.55. The van der Waals surface area contributed by atoms with E-state index >= 15 is 0 Å². The normalized spacial score (nSPS) is 11.7. The lowest BCUT2D eigenvalue weighted by atomic mass is 10.2. The fourth-order valence-electron chi connectivity index (χ4n) is 1.80. The molecule has 0 radical (unpaired) electrons. The predicted molar refractivity (Wildman–Crippen MR) is 74.4 cm³/mol. The smallest absolute Gasteiger partial charge is 0.339 e. The van der Waals surface area contributed by atoms with Gasteiger partial charge in [-0.2, -0.15) is 4.31 Å². The molecule has 0 amide bonds. The van der Waals surface area contributed by atoms with Crippen molar-refractivity contribution in [2.24, 2.45) is 0 Å². The third kappa shape index (κ3) is 3.80. The number of sulfonamides is 1. The van der Waals surface area contributed by atoms with Crippen LogP contribution in [0.15, 0.2) is 23.1 Å². The highest BCUT2D eigenvalue weighted by Crippen LogP contribution is 2.23. The Morgan fingerprint density at radius 2 is 1.95 bits per heavy atom. The highest BCUT2D eigenvalue weighted by Gasteiger charge is 2.32. The minimum atomic E-state index is -4.31. The van der Waals surface area contributed by atoms with Crippen LogP contribution in [0.5, 0.6) is 0 Å². The number of hydrogen-bond acceptors (Lipinski definition) is 5. The van der Waals surface area contributed by atoms with Crippen molar-refractivity contribution in [1.29, 1.82) is 0 Å². The molecule has 1 aromatic carbocycles. The number of nitrogens with zero attached hydrogens (tertiary/aromatic N) is 1. The van der Waals surface area contributed by atoms with Crippen LogP contribution < -0.4 is 0 Å². The summed E-state index contributed by atoms with van der Waals surface area (Å²) in [6.07, 6.45) is 0. The maximum atomic E-state index is 13.3. The van der Waals surface area contributed by atoms with Gasteiger partial charge in [-0.15, -0.1) is 0 Å². The molecule has 1 aromatic rings. The first-order valence-corrected chi connectivity index (χ1v) is 7.66. The third-order valence-electron chi connectivity index (χ3n) is 2.80. The lowest BCUT2D eigenvalue weighted by Gasteiger charge is -2.25. The second-order valence-electron chi connectivity index (χ2n) is 4.67. The molecule has 0 saturated heterocycles. The highest BCUT2D eigenvalue weighted by atomic mass is 32.2. The largest absolute Gasteiger partial charge is 0.480 e. The molecule has 0 aliphatic rings. The van der Waals surface area contributed by atoms with Crippen molar-refractivity contribution in [2.75, 3.05) is 13.7 Å². The van der Waals surface area contributed by atoms with E-state index in [9.17, 15) is 22.4 Å². The zero-order chi connectivity index (χ0) is 17.1. The molecule has 22 heavy (non-hydrogen) atoms. The van der Waals surface area contributed by atoms with Gasteiger partial charge in [-0.25, -0.2) is 17.6 Å². The number of rotatable bonds is 6. The molecule has 1 N–H and O–H groups in total. The number of carbonyl (C=O) groups is 2. The van der Waals surface area contributed by atoms with E-state index < -0.39 is 50.8 Å². The number of benzene rings is 1. The number of carboxylic acid groups (broad SMARTS) is 1. The van der Waals surface area contributed by atoms with Crippen molar-refractivity contribution >= 4 is 22.0 Å². The number of carboxylic acids is 1. The van der Waals surface area contributed by atoms with E-state index in [1.165, 1.54) is 13.8 Å². The summed E-state index contributed by atoms with van der Waals surface area (Å²) in [7, 11) is -3.28. The molecule has 0 aliphatic heterocycles. The SMILES string of the molecule is COC(=O)c1cc(F)ccc1S(=O)(=O)N(CC(=O)O)C(C)C. The van der Waals surface area contributed by atoms with E-state index in [0.29, 0.717) is 4.31 Å². The number of ether oxygens (including phenoxy) is 1. The molecule has 7 nitrogen and oxygen atoms in total. The van der Waals surface area contributed by atoms with Crippen LogP contribution in [0.4, 0.5) is 4.39 Å². The zero-order valence-electron chi connectivity index (χ0n) is 12.2. The number of carbonyl (C=O) groups excluding carboxylic acids is 1. The standard InChI is InChI=1S/C13H16FNO6S/c1-8(2)15(7-12(16)17)22(19,20)11-5-4-9(14)6-10(11)13(18)21-3/h4-6,8H,7H2,1-3H3,(H,16,17). The van der Waals surface area contributed by atoms with Crippen molar-refractivity contribution in [3.63, 3.8) is 0 Å². The van der Waals surface area contributed by atoms with E-state index in [0.717, 1.165) is 25.3 Å². The molecule has 1 rings (SSSR count). The van der Waals surface area contributed by atoms with Crippen molar-refractivity contribution < 1.29 is 32.2 Å². The number of esters is 1. The van der Waals surface area contributed by atoms with E-state index in [1.807, 2.05) is 0 Å². The number of methoxy groups -OCH3 is 1. The first-order valence-electron chi connectivity index (χ1n) is 6.22. The maximum Gasteiger partial charge on any atom is 0.339 e. The van der Waals surface area contributed by atoms with E-state index in [4.69, 9.17) is 5.11 Å². The van der Waals surface area contributed by atoms with Gasteiger partial charge >= 0.3 is 11.9 Å². The second-order valence-corrected chi connectivity index (χ2v) is 6.53. The summed E-state index contributed by atoms with van der Waals surface area (Å²) in [5, 5.41) is 8.85. The minimum absolute atomic E-state index is 0.487. The summed E-state index contributed by atoms with van der Waals surface area (Å²) in [4.78, 5) is 22.0. The van der Waals surface area contributed by atoms with Crippen LogP contribution in [0.25, 0.3) is 0 Å². The van der Waals surface area contributed by atoms with Crippen LogP contribution in [0.1, 0.15) is 24.2 Å². The van der Waals surface area contributed by atoms with E-state index in [2.05, 4.69) is 4.74 Å². The Bertz CT molecular complexity index is 686. The van der Waals surface area contributed by atoms with Gasteiger partial charge < -0.3 is 9.84 Å². The molecule has 0 atom stereocenters. The maximum absolute atomic E-state index is 13.3. The van der Waals surface area contributed by atoms with Gasteiger partial charge in [-0.3, -0.25) is 4.79 Å². The molecule has 0 heterocycles. The van der Waals surface area contributed by atoms with Gasteiger partial charge in [0.05, 0.1) is 17.6 Å². The monoisotopic (exact) mass is 333 g/mol. The van der Waals surface area contributed by atoms with E-state index in [1.54, 1.807) is 0 Å². The number of halogens is 1. The van der Waals surface area contributed by atoms with Gasteiger partial charge in [0.25, 0.3) is 0 Å². The predicted octanol–water partition coefficient (Wildman–Crippen LogP) is 1.10. The van der Waals surface area contributed by atoms with Gasteiger partial charge in [0.2, 0.25) is 10.0 Å². The van der Waals surface area contributed by atoms with Crippen LogP contribution in [0.3, 0.4) is 0 Å². The lowest BCUT2D eigenvalue weighted by molar-refractivity contribution is -0.137. The molecule has 0 saturated carbocycles.